The minimum absolute atomic E-state index is 0. The second kappa shape index (κ2) is 14.6. The maximum absolute atomic E-state index is 12.8. The molecule has 182 valence electrons. The second-order valence-electron chi connectivity index (χ2n) is 8.25. The molecule has 1 aliphatic carbocycles. The van der Waals surface area contributed by atoms with E-state index in [0.29, 0.717) is 42.9 Å². The number of rotatable bonds is 7. The Morgan fingerprint density at radius 2 is 1.76 bits per heavy atom. The fraction of sp³-hybridized carbons (Fsp3) is 0.240. The van der Waals surface area contributed by atoms with Crippen LogP contribution in [0.4, 0.5) is 0 Å². The van der Waals surface area contributed by atoms with Gasteiger partial charge in [0.2, 0.25) is 4.80 Å². The van der Waals surface area contributed by atoms with Gasteiger partial charge in [0.15, 0.2) is 0 Å². The van der Waals surface area contributed by atoms with Gasteiger partial charge in [-0.3, -0.25) is 15.1 Å². The van der Waals surface area contributed by atoms with Crippen LogP contribution in [-0.2, 0) is 22.6 Å². The van der Waals surface area contributed by atoms with Crippen LogP contribution in [0.15, 0.2) is 64.7 Å². The summed E-state index contributed by atoms with van der Waals surface area (Å²) in [6, 6.07) is 15.8. The number of aryl methyl sites for hydroxylation is 1. The van der Waals surface area contributed by atoms with E-state index in [2.05, 4.69) is 30.7 Å². The molecule has 0 aliphatic heterocycles. The molecule has 0 saturated carbocycles. The molecule has 1 aliphatic rings. The van der Waals surface area contributed by atoms with Gasteiger partial charge in [0, 0.05) is 11.4 Å². The summed E-state index contributed by atoms with van der Waals surface area (Å²) in [6.45, 7) is 2.40. The van der Waals surface area contributed by atoms with Gasteiger partial charge in [0.25, 0.3) is 5.91 Å². The number of carboxylic acids is 1. The molecule has 2 aromatic heterocycles. The van der Waals surface area contributed by atoms with Crippen molar-refractivity contribution < 1.29 is 117 Å². The van der Waals surface area contributed by atoms with E-state index in [9.17, 15) is 14.7 Å². The molecule has 0 N–H and O–H groups in total. The van der Waals surface area contributed by atoms with Gasteiger partial charge < -0.3 is 15.0 Å². The van der Waals surface area contributed by atoms with E-state index in [4.69, 9.17) is 0 Å². The minimum Gasteiger partial charge on any atom is -0.545 e. The number of carbonyl (C=O) groups is 2. The van der Waals surface area contributed by atoms with Crippen LogP contribution in [0.2, 0.25) is 0 Å². The molecule has 0 spiro atoms. The van der Waals surface area contributed by atoms with Gasteiger partial charge in [0.05, 0.1) is 12.5 Å². The molecular weight excluding hydrogens is 557 g/mol. The first-order valence-corrected chi connectivity index (χ1v) is 12.3. The first kappa shape index (κ1) is 31.5. The average molecular weight is 578 g/mol. The maximum atomic E-state index is 12.8. The van der Waals surface area contributed by atoms with Crippen LogP contribution in [0, 0.1) is 0 Å². The topological polar surface area (TPSA) is 140 Å². The van der Waals surface area contributed by atoms with Crippen LogP contribution in [0.25, 0.3) is 22.5 Å². The van der Waals surface area contributed by atoms with Crippen LogP contribution in [0.5, 0.6) is 0 Å². The third-order valence-corrected chi connectivity index (χ3v) is 7.06. The number of carbonyl (C=O) groups excluding carboxylic acids is 2. The third kappa shape index (κ3) is 7.20. The van der Waals surface area contributed by atoms with Crippen LogP contribution in [0.1, 0.15) is 36.8 Å². The Kier molecular flexibility index (Phi) is 12.1. The Bertz CT molecular complexity index is 1530. The number of aromatic nitrogens is 6. The molecule has 1 amide bonds. The molecule has 4 aromatic rings. The van der Waals surface area contributed by atoms with Crippen molar-refractivity contribution in [2.45, 2.75) is 39.2 Å². The Morgan fingerprint density at radius 1 is 1.05 bits per heavy atom. The van der Waals surface area contributed by atoms with Crippen LogP contribution in [-0.4, -0.2) is 37.2 Å². The number of aliphatic carboxylic acids is 1. The van der Waals surface area contributed by atoms with Gasteiger partial charge in [-0.25, -0.2) is 4.68 Å². The smallest absolute Gasteiger partial charge is 0.545 e. The normalized spacial score (nSPS) is 13.2. The fourth-order valence-electron chi connectivity index (χ4n) is 4.19. The number of amides is 1. The summed E-state index contributed by atoms with van der Waals surface area (Å²) >= 11 is 1.33. The van der Waals surface area contributed by atoms with Gasteiger partial charge in [-0.2, -0.15) is 15.3 Å². The zero-order chi connectivity index (χ0) is 25.1. The van der Waals surface area contributed by atoms with Gasteiger partial charge in [-0.1, -0.05) is 66.8 Å². The molecule has 10 nitrogen and oxygen atoms in total. The van der Waals surface area contributed by atoms with Crippen molar-refractivity contribution in [3.8, 4) is 22.5 Å². The SMILES string of the molecule is CCc1nn(Cc2ccc(-c3ccccc3-c3nnn[n-]3)cc2)c(=NC(=O)C2=C(C(=O)[O-])CCC2)s1.[K+].[K+]. The predicted molar refractivity (Wildman–Crippen MR) is 129 cm³/mol. The Balaban J connectivity index is 0.00000200. The molecular formula is C25H21K2N7O3S. The number of tetrazole rings is 1. The number of carboxylic acid groups (broad SMARTS) is 1. The summed E-state index contributed by atoms with van der Waals surface area (Å²) in [4.78, 5) is 28.8. The van der Waals surface area contributed by atoms with Gasteiger partial charge in [-0.15, -0.1) is 0 Å². The molecule has 2 aromatic carbocycles. The number of nitrogens with zero attached hydrogens (tertiary/aromatic N) is 7. The summed E-state index contributed by atoms with van der Waals surface area (Å²) in [7, 11) is 0. The Labute approximate surface area is 307 Å². The maximum Gasteiger partial charge on any atom is 1.00 e. The molecule has 0 fully saturated rings. The van der Waals surface area contributed by atoms with Gasteiger partial charge in [-0.05, 0) is 53.5 Å². The van der Waals surface area contributed by atoms with Crippen molar-refractivity contribution in [1.82, 2.24) is 30.4 Å². The zero-order valence-corrected chi connectivity index (χ0v) is 28.5. The van der Waals surface area contributed by atoms with Crippen molar-refractivity contribution in [3.63, 3.8) is 0 Å². The standard InChI is InChI=1S/C25H23N7O3S.2K/c1-2-21-29-32(25(36-21)26-23(33)19-8-5-9-20(19)24(34)35)14-15-10-12-16(13-11-15)17-6-3-4-7-18(17)22-27-30-31-28-22;;/h3-4,6-7,10-13H,2,5,8-9,14H2,1H3,(H2,27,28,30,31,34,35);;/q;2*+1/p-2. The largest absolute Gasteiger partial charge is 1.00 e. The molecule has 2 heterocycles. The summed E-state index contributed by atoms with van der Waals surface area (Å²) < 4.78 is 1.69. The van der Waals surface area contributed by atoms with E-state index >= 15 is 0 Å². The first-order valence-electron chi connectivity index (χ1n) is 11.5. The molecule has 5 rings (SSSR count). The van der Waals surface area contributed by atoms with E-state index in [-0.39, 0.29) is 114 Å². The van der Waals surface area contributed by atoms with Crippen LogP contribution < -0.4 is 118 Å². The van der Waals surface area contributed by atoms with Gasteiger partial charge >= 0.3 is 103 Å². The van der Waals surface area contributed by atoms with Crippen LogP contribution in [0.3, 0.4) is 0 Å². The van der Waals surface area contributed by atoms with E-state index in [0.717, 1.165) is 27.3 Å². The predicted octanol–water partition coefficient (Wildman–Crippen LogP) is -4.30. The minimum atomic E-state index is -1.29. The van der Waals surface area contributed by atoms with Crippen LogP contribution >= 0.6 is 11.3 Å². The van der Waals surface area contributed by atoms with E-state index in [1.165, 1.54) is 11.3 Å². The quantitative estimate of drug-likeness (QED) is 0.201. The molecule has 0 saturated heterocycles. The molecule has 0 radical (unpaired) electrons. The number of benzene rings is 2. The fourth-order valence-corrected chi connectivity index (χ4v) is 5.02. The van der Waals surface area contributed by atoms with Crippen molar-refractivity contribution in [3.05, 3.63) is 75.0 Å². The summed E-state index contributed by atoms with van der Waals surface area (Å²) in [5.74, 6) is -1.36. The zero-order valence-electron chi connectivity index (χ0n) is 21.4. The average Bonchev–Trinajstić information content (AvgIpc) is 3.66. The third-order valence-electron chi connectivity index (χ3n) is 5.97. The van der Waals surface area contributed by atoms with Crippen molar-refractivity contribution in [1.29, 1.82) is 0 Å². The van der Waals surface area contributed by atoms with Crippen molar-refractivity contribution in [2.24, 2.45) is 4.99 Å². The molecule has 0 atom stereocenters. The van der Waals surface area contributed by atoms with Crippen molar-refractivity contribution >= 4 is 23.2 Å². The molecule has 13 heteroatoms. The Hall–Kier alpha value is -0.977. The molecule has 0 bridgehead atoms. The van der Waals surface area contributed by atoms with E-state index < -0.39 is 11.9 Å². The summed E-state index contributed by atoms with van der Waals surface area (Å²) in [6.07, 6.45) is 2.05. The summed E-state index contributed by atoms with van der Waals surface area (Å²) in [5.41, 5.74) is 4.05. The van der Waals surface area contributed by atoms with Crippen molar-refractivity contribution in [2.75, 3.05) is 0 Å². The first-order chi connectivity index (χ1) is 17.5. The van der Waals surface area contributed by atoms with E-state index in [1.807, 2.05) is 55.5 Å². The molecule has 0 unspecified atom stereocenters. The molecule has 38 heavy (non-hydrogen) atoms. The Morgan fingerprint density at radius 3 is 2.42 bits per heavy atom. The second-order valence-corrected chi connectivity index (χ2v) is 9.29. The monoisotopic (exact) mass is 577 g/mol. The van der Waals surface area contributed by atoms with E-state index in [1.54, 1.807) is 4.68 Å². The van der Waals surface area contributed by atoms with Gasteiger partial charge in [0.1, 0.15) is 5.01 Å². The number of hydrogen-bond donors (Lipinski definition) is 0. The number of hydrogen-bond acceptors (Lipinski definition) is 8. The summed E-state index contributed by atoms with van der Waals surface area (Å²) in [5, 5.41) is 31.9.